The molecule has 0 unspecified atom stereocenters. The fraction of sp³-hybridized carbons (Fsp3) is 0. The molecule has 2 N–H and O–H groups in total. The van der Waals surface area contributed by atoms with Gasteiger partial charge in [0, 0.05) is 12.1 Å². The van der Waals surface area contributed by atoms with E-state index >= 15 is 0 Å². The summed E-state index contributed by atoms with van der Waals surface area (Å²) in [6, 6.07) is 16.6. The molecule has 6 rings (SSSR count). The normalized spacial score (nSPS) is 12.0. The van der Waals surface area contributed by atoms with Crippen molar-refractivity contribution < 1.29 is 164 Å². The summed E-state index contributed by atoms with van der Waals surface area (Å²) < 4.78 is 211. The van der Waals surface area contributed by atoms with E-state index in [4.69, 9.17) is 9.47 Å². The Kier molecular flexibility index (Phi) is 19.0. The van der Waals surface area contributed by atoms with E-state index in [0.29, 0.717) is 48.5 Å². The molecule has 0 radical (unpaired) electrons. The first-order valence-electron chi connectivity index (χ1n) is 16.4. The first kappa shape index (κ1) is 58.6. The number of benzene rings is 6. The maximum Gasteiger partial charge on any atom is 1.00 e. The molecule has 0 aliphatic heterocycles. The minimum absolute atomic E-state index is 0. The van der Waals surface area contributed by atoms with Crippen LogP contribution in [0.3, 0.4) is 0 Å². The predicted molar refractivity (Wildman–Crippen MR) is 203 cm³/mol. The fourth-order valence-electron chi connectivity index (χ4n) is 5.75. The molecule has 0 heterocycles. The number of hydrogen-bond acceptors (Lipinski definition) is 18. The van der Waals surface area contributed by atoms with Crippen LogP contribution in [0.2, 0.25) is 0 Å². The van der Waals surface area contributed by atoms with Gasteiger partial charge in [-0.25, -0.2) is 33.7 Å². The van der Waals surface area contributed by atoms with Crippen LogP contribution in [-0.4, -0.2) is 68.7 Å². The standard InChI is InChI=1S/C36H26O20S6.4Li/c37-23-3-1-5-25(17-23)55-27-9-13-31(35(19-27)61(49,50)51)57(39,40)29-11-7-21(15-33(29)59(43,44)45)22-8-12-30(34(16-22)60(46,47)48)58(41,42)32-14-10-28(20-36(32)62(52,53)54)56-26-6-2-4-24(38)18-26;;;;/h1-20,37-38H,(H,43,44,45)(H,46,47,48)(H,49,50,51)(H,52,53,54);;;;/q;4*+1/p-4. The second kappa shape index (κ2) is 21.4. The first-order valence-corrected chi connectivity index (χ1v) is 25.1. The van der Waals surface area contributed by atoms with Crippen molar-refractivity contribution in [2.75, 3.05) is 0 Å². The third-order valence-electron chi connectivity index (χ3n) is 8.39. The third-order valence-corrected chi connectivity index (χ3v) is 16.2. The van der Waals surface area contributed by atoms with E-state index in [2.05, 4.69) is 0 Å². The SMILES string of the molecule is O=S(=O)([O-])c1cc(-c2ccc(S(=O)(=O)c3ccc(Oc4cccc([O-])c4)cc3S(=O)(=O)O)c(S(=O)(=O)[O-])c2)ccc1S(=O)(=O)c1ccc(Oc2cccc([O-])c2)cc1S(=O)(=O)O.[Li+].[Li+].[Li+].[Li+]. The summed E-state index contributed by atoms with van der Waals surface area (Å²) in [6.45, 7) is 0. The molecule has 6 aromatic carbocycles. The van der Waals surface area contributed by atoms with Gasteiger partial charge in [-0.15, -0.1) is 11.5 Å². The van der Waals surface area contributed by atoms with Crippen molar-refractivity contribution in [3.05, 3.63) is 121 Å². The summed E-state index contributed by atoms with van der Waals surface area (Å²) in [5.41, 5.74) is -1.09. The van der Waals surface area contributed by atoms with Crippen LogP contribution >= 0.6 is 0 Å². The average Bonchev–Trinajstić information content (AvgIpc) is 3.16. The smallest absolute Gasteiger partial charge is 0.872 e. The van der Waals surface area contributed by atoms with E-state index in [0.717, 1.165) is 48.5 Å². The van der Waals surface area contributed by atoms with Crippen LogP contribution < -0.4 is 95.1 Å². The Labute approximate surface area is 425 Å². The summed E-state index contributed by atoms with van der Waals surface area (Å²) in [7, 11) is -33.6. The summed E-state index contributed by atoms with van der Waals surface area (Å²) in [5.74, 6) is -2.15. The van der Waals surface area contributed by atoms with Crippen molar-refractivity contribution in [1.82, 2.24) is 0 Å². The molecule has 0 aliphatic carbocycles. The quantitative estimate of drug-likeness (QED) is 0.0801. The Morgan fingerprint density at radius 1 is 0.348 bits per heavy atom. The zero-order chi connectivity index (χ0) is 45.8. The van der Waals surface area contributed by atoms with Crippen LogP contribution in [0.4, 0.5) is 0 Å². The summed E-state index contributed by atoms with van der Waals surface area (Å²) >= 11 is 0. The van der Waals surface area contributed by atoms with Crippen LogP contribution in [0.25, 0.3) is 11.1 Å². The number of hydrogen-bond donors (Lipinski definition) is 2. The molecular weight excluding hydrogens is 973 g/mol. The molecule has 326 valence electrons. The fourth-order valence-corrected chi connectivity index (χ4v) is 13.4. The molecule has 30 heteroatoms. The van der Waals surface area contributed by atoms with Crippen LogP contribution in [0, 0.1) is 0 Å². The topological polar surface area (TPSA) is 356 Å². The Morgan fingerprint density at radius 3 is 0.924 bits per heavy atom. The van der Waals surface area contributed by atoms with Crippen LogP contribution in [-0.2, 0) is 60.1 Å². The molecule has 0 bridgehead atoms. The Bertz CT molecular complexity index is 3300. The van der Waals surface area contributed by atoms with Crippen molar-refractivity contribution in [3.63, 3.8) is 0 Å². The maximum atomic E-state index is 13.9. The molecule has 0 spiro atoms. The monoisotopic (exact) mass is 994 g/mol. The second-order valence-electron chi connectivity index (χ2n) is 12.6. The van der Waals surface area contributed by atoms with Gasteiger partial charge in [0.15, 0.2) is 0 Å². The third kappa shape index (κ3) is 12.9. The summed E-state index contributed by atoms with van der Waals surface area (Å²) in [4.78, 5) is -11.1. The molecule has 6 aromatic rings. The predicted octanol–water partition coefficient (Wildman–Crippen LogP) is -8.93. The Morgan fingerprint density at radius 2 is 0.636 bits per heavy atom. The van der Waals surface area contributed by atoms with Gasteiger partial charge in [-0.3, -0.25) is 9.11 Å². The van der Waals surface area contributed by atoms with Gasteiger partial charge in [0.1, 0.15) is 53.0 Å². The maximum absolute atomic E-state index is 13.9. The van der Waals surface area contributed by atoms with Crippen molar-refractivity contribution in [1.29, 1.82) is 0 Å². The molecule has 0 aromatic heterocycles. The van der Waals surface area contributed by atoms with Gasteiger partial charge in [-0.05, 0) is 83.9 Å². The van der Waals surface area contributed by atoms with Gasteiger partial charge in [0.05, 0.1) is 29.4 Å². The molecule has 20 nitrogen and oxygen atoms in total. The van der Waals surface area contributed by atoms with Crippen molar-refractivity contribution in [2.24, 2.45) is 0 Å². The van der Waals surface area contributed by atoms with E-state index in [1.54, 1.807) is 0 Å². The zero-order valence-corrected chi connectivity index (χ0v) is 39.1. The number of ether oxygens (including phenoxy) is 2. The molecule has 0 amide bonds. The zero-order valence-electron chi connectivity index (χ0n) is 34.2. The summed E-state index contributed by atoms with van der Waals surface area (Å²) in [5, 5.41) is 23.4. The van der Waals surface area contributed by atoms with E-state index in [9.17, 15) is 78.9 Å². The van der Waals surface area contributed by atoms with Crippen LogP contribution in [0.5, 0.6) is 34.5 Å². The number of sulfone groups is 2. The van der Waals surface area contributed by atoms with Gasteiger partial charge < -0.3 is 28.8 Å². The Hall–Kier alpha value is -3.55. The molecule has 0 saturated carbocycles. The first-order chi connectivity index (χ1) is 28.6. The molecule has 0 aliphatic rings. The second-order valence-corrected chi connectivity index (χ2v) is 21.8. The van der Waals surface area contributed by atoms with E-state index in [-0.39, 0.29) is 86.9 Å². The van der Waals surface area contributed by atoms with Crippen LogP contribution in [0.1, 0.15) is 0 Å². The van der Waals surface area contributed by atoms with Gasteiger partial charge in [-0.2, -0.15) is 16.8 Å². The summed E-state index contributed by atoms with van der Waals surface area (Å²) in [6.07, 6.45) is 0. The van der Waals surface area contributed by atoms with E-state index in [1.165, 1.54) is 24.3 Å². The van der Waals surface area contributed by atoms with Gasteiger partial charge in [0.25, 0.3) is 20.2 Å². The van der Waals surface area contributed by atoms with Crippen molar-refractivity contribution in [3.8, 4) is 45.6 Å². The molecule has 0 saturated heterocycles. The van der Waals surface area contributed by atoms with Gasteiger partial charge in [0.2, 0.25) is 19.7 Å². The number of rotatable bonds is 13. The molecule has 66 heavy (non-hydrogen) atoms. The van der Waals surface area contributed by atoms with E-state index < -0.39 is 133 Å². The van der Waals surface area contributed by atoms with Crippen LogP contribution in [0.15, 0.2) is 160 Å². The van der Waals surface area contributed by atoms with Gasteiger partial charge in [-0.1, -0.05) is 36.4 Å². The molecular formula is C36H22Li4O20S6. The minimum atomic E-state index is -5.88. The largest absolute Gasteiger partial charge is 1.00 e. The van der Waals surface area contributed by atoms with Gasteiger partial charge >= 0.3 is 75.4 Å². The van der Waals surface area contributed by atoms with Crippen molar-refractivity contribution >= 4 is 60.1 Å². The molecule has 0 fully saturated rings. The average molecular weight is 995 g/mol. The molecule has 0 atom stereocenters. The minimum Gasteiger partial charge on any atom is -0.872 e. The van der Waals surface area contributed by atoms with E-state index in [1.807, 2.05) is 0 Å². The Balaban J connectivity index is 0.00000374. The van der Waals surface area contributed by atoms with Crippen molar-refractivity contribution in [2.45, 2.75) is 39.2 Å².